The third kappa shape index (κ3) is 3.31. The predicted octanol–water partition coefficient (Wildman–Crippen LogP) is 6.25. The fourth-order valence-electron chi connectivity index (χ4n) is 5.18. The molecular weight excluding hydrogens is 464 g/mol. The average molecular weight is 487 g/mol. The molecule has 0 saturated carbocycles. The van der Waals surface area contributed by atoms with Gasteiger partial charge in [-0.3, -0.25) is 0 Å². The van der Waals surface area contributed by atoms with Crippen LogP contribution in [-0.4, -0.2) is 33.8 Å². The highest BCUT2D eigenvalue weighted by atomic mass is 16.5. The number of rotatable bonds is 4. The molecule has 7 heteroatoms. The number of ether oxygens (including phenoxy) is 3. The normalized spacial score (nSPS) is 14.2. The van der Waals surface area contributed by atoms with Gasteiger partial charge >= 0.3 is 0 Å². The van der Waals surface area contributed by atoms with Crippen LogP contribution in [0, 0.1) is 0 Å². The van der Waals surface area contributed by atoms with E-state index in [0.29, 0.717) is 28.9 Å². The molecule has 37 heavy (non-hydrogen) atoms. The van der Waals surface area contributed by atoms with Crippen molar-refractivity contribution in [2.45, 2.75) is 5.92 Å². The summed E-state index contributed by atoms with van der Waals surface area (Å²) in [4.78, 5) is 9.64. The molecule has 7 nitrogen and oxygen atoms in total. The minimum absolute atomic E-state index is 0.228. The summed E-state index contributed by atoms with van der Waals surface area (Å²) in [6.45, 7) is 0. The number of benzene rings is 4. The number of hydrogen-bond donors (Lipinski definition) is 0. The largest absolute Gasteiger partial charge is 0.493 e. The molecule has 0 N–H and O–H groups in total. The van der Waals surface area contributed by atoms with E-state index < -0.39 is 0 Å². The van der Waals surface area contributed by atoms with Crippen LogP contribution < -0.4 is 14.2 Å². The summed E-state index contributed by atoms with van der Waals surface area (Å²) in [5.74, 6) is 3.01. The quantitative estimate of drug-likeness (QED) is 0.293. The van der Waals surface area contributed by atoms with Gasteiger partial charge in [-0.05, 0) is 34.5 Å². The first-order valence-electron chi connectivity index (χ1n) is 12.0. The Morgan fingerprint density at radius 1 is 0.811 bits per heavy atom. The van der Waals surface area contributed by atoms with Gasteiger partial charge in [-0.25, -0.2) is 14.5 Å². The Kier molecular flexibility index (Phi) is 4.82. The second-order valence-corrected chi connectivity index (χ2v) is 8.88. The van der Waals surface area contributed by atoms with Crippen molar-refractivity contribution in [3.05, 3.63) is 108 Å². The predicted molar refractivity (Wildman–Crippen MR) is 141 cm³/mol. The van der Waals surface area contributed by atoms with E-state index in [-0.39, 0.29) is 5.92 Å². The minimum atomic E-state index is -0.228. The highest BCUT2D eigenvalue weighted by molar-refractivity contribution is 5.91. The molecule has 0 radical (unpaired) electrons. The van der Waals surface area contributed by atoms with E-state index in [4.69, 9.17) is 24.3 Å². The van der Waals surface area contributed by atoms with E-state index in [0.717, 1.165) is 38.8 Å². The lowest BCUT2D eigenvalue weighted by atomic mass is 9.81. The monoisotopic (exact) mass is 486 g/mol. The van der Waals surface area contributed by atoms with Gasteiger partial charge in [0.15, 0.2) is 23.0 Å². The smallest absolute Gasteiger partial charge is 0.228 e. The van der Waals surface area contributed by atoms with Crippen molar-refractivity contribution >= 4 is 16.4 Å². The molecule has 6 aromatic rings. The van der Waals surface area contributed by atoms with Gasteiger partial charge in [0, 0.05) is 17.0 Å². The summed E-state index contributed by atoms with van der Waals surface area (Å²) in [6, 6.07) is 28.4. The van der Waals surface area contributed by atoms with Crippen LogP contribution >= 0.6 is 0 Å². The number of fused-ring (bicyclic) bond motifs is 6. The Hall–Kier alpha value is -4.91. The number of hydrogen-bond acceptors (Lipinski definition) is 6. The van der Waals surface area contributed by atoms with Gasteiger partial charge in [0.25, 0.3) is 0 Å². The maximum Gasteiger partial charge on any atom is 0.228 e. The van der Waals surface area contributed by atoms with Crippen LogP contribution in [0.3, 0.4) is 0 Å². The highest BCUT2D eigenvalue weighted by Gasteiger charge is 2.35. The lowest BCUT2D eigenvalue weighted by Crippen LogP contribution is -2.15. The van der Waals surface area contributed by atoms with Crippen molar-refractivity contribution in [2.75, 3.05) is 14.2 Å². The molecule has 1 atom stereocenters. The lowest BCUT2D eigenvalue weighted by molar-refractivity contribution is 0.354. The van der Waals surface area contributed by atoms with Gasteiger partial charge in [0.2, 0.25) is 5.88 Å². The molecule has 3 heterocycles. The van der Waals surface area contributed by atoms with Gasteiger partial charge in [0.05, 0.1) is 19.8 Å². The Morgan fingerprint density at radius 3 is 2.46 bits per heavy atom. The van der Waals surface area contributed by atoms with Crippen molar-refractivity contribution < 1.29 is 14.2 Å². The van der Waals surface area contributed by atoms with Crippen molar-refractivity contribution in [1.82, 2.24) is 19.6 Å². The van der Waals surface area contributed by atoms with E-state index in [9.17, 15) is 0 Å². The summed E-state index contributed by atoms with van der Waals surface area (Å²) in [6.07, 6.45) is 1.66. The van der Waals surface area contributed by atoms with Crippen LogP contribution in [0.2, 0.25) is 0 Å². The van der Waals surface area contributed by atoms with E-state index in [1.54, 1.807) is 25.1 Å². The maximum absolute atomic E-state index is 6.41. The van der Waals surface area contributed by atoms with Crippen LogP contribution in [0.5, 0.6) is 23.1 Å². The summed E-state index contributed by atoms with van der Waals surface area (Å²) in [7, 11) is 3.28. The summed E-state index contributed by atoms with van der Waals surface area (Å²) < 4.78 is 19.3. The number of nitrogens with zero attached hydrogens (tertiary/aromatic N) is 4. The third-order valence-corrected chi connectivity index (χ3v) is 6.87. The Bertz CT molecular complexity index is 1800. The van der Waals surface area contributed by atoms with Crippen LogP contribution in [0.4, 0.5) is 0 Å². The Labute approximate surface area is 212 Å². The molecule has 1 aliphatic rings. The first-order valence-corrected chi connectivity index (χ1v) is 12.0. The topological polar surface area (TPSA) is 70.8 Å². The van der Waals surface area contributed by atoms with E-state index in [2.05, 4.69) is 29.2 Å². The molecule has 4 aromatic carbocycles. The molecule has 0 spiro atoms. The molecule has 0 bridgehead atoms. The van der Waals surface area contributed by atoms with E-state index in [1.165, 1.54) is 0 Å². The fraction of sp³-hybridized carbons (Fsp3) is 0.100. The zero-order valence-electron chi connectivity index (χ0n) is 20.3. The van der Waals surface area contributed by atoms with Crippen LogP contribution in [-0.2, 0) is 0 Å². The van der Waals surface area contributed by atoms with Crippen molar-refractivity contribution in [2.24, 2.45) is 0 Å². The molecule has 0 amide bonds. The fourth-order valence-corrected chi connectivity index (χ4v) is 5.18. The van der Waals surface area contributed by atoms with Crippen LogP contribution in [0.25, 0.3) is 27.8 Å². The van der Waals surface area contributed by atoms with Crippen molar-refractivity contribution in [3.63, 3.8) is 0 Å². The van der Waals surface area contributed by atoms with E-state index in [1.807, 2.05) is 60.7 Å². The minimum Gasteiger partial charge on any atom is -0.493 e. The highest BCUT2D eigenvalue weighted by Crippen LogP contribution is 2.51. The number of methoxy groups -OCH3 is 2. The zero-order chi connectivity index (χ0) is 24.9. The molecule has 1 aliphatic heterocycles. The molecule has 2 aromatic heterocycles. The van der Waals surface area contributed by atoms with Gasteiger partial charge in [0.1, 0.15) is 12.1 Å². The summed E-state index contributed by atoms with van der Waals surface area (Å²) in [5, 5.41) is 6.98. The molecule has 0 aliphatic carbocycles. The Morgan fingerprint density at radius 2 is 1.62 bits per heavy atom. The zero-order valence-corrected chi connectivity index (χ0v) is 20.3. The first kappa shape index (κ1) is 21.4. The van der Waals surface area contributed by atoms with Crippen LogP contribution in [0.1, 0.15) is 22.6 Å². The SMILES string of the molecule is COc1ccc([C@H]2c3c(ccc4ccccc34)Oc3ncn4nc(-c5ccccc5)nc4c32)cc1OC. The molecule has 180 valence electrons. The van der Waals surface area contributed by atoms with Crippen molar-refractivity contribution in [1.29, 1.82) is 0 Å². The van der Waals surface area contributed by atoms with E-state index >= 15 is 0 Å². The molecule has 7 rings (SSSR count). The molecular formula is C30H22N4O3. The van der Waals surface area contributed by atoms with Crippen molar-refractivity contribution in [3.8, 4) is 34.5 Å². The van der Waals surface area contributed by atoms with Gasteiger partial charge in [-0.15, -0.1) is 5.10 Å². The third-order valence-electron chi connectivity index (χ3n) is 6.87. The van der Waals surface area contributed by atoms with Crippen LogP contribution in [0.15, 0.2) is 91.3 Å². The summed E-state index contributed by atoms with van der Waals surface area (Å²) >= 11 is 0. The molecule has 0 saturated heterocycles. The molecule has 0 unspecified atom stereocenters. The van der Waals surface area contributed by atoms with Gasteiger partial charge < -0.3 is 14.2 Å². The lowest BCUT2D eigenvalue weighted by Gasteiger charge is -2.29. The maximum atomic E-state index is 6.41. The number of aromatic nitrogens is 4. The van der Waals surface area contributed by atoms with Gasteiger partial charge in [-0.2, -0.15) is 0 Å². The van der Waals surface area contributed by atoms with Gasteiger partial charge in [-0.1, -0.05) is 66.7 Å². The second kappa shape index (κ2) is 8.34. The second-order valence-electron chi connectivity index (χ2n) is 8.88. The average Bonchev–Trinajstić information content (AvgIpc) is 3.41. The first-order chi connectivity index (χ1) is 18.2. The Balaban J connectivity index is 1.54. The standard InChI is InChI=1S/C30H22N4O3/c1-35-22-14-13-20(16-24(22)36-2)25-26-21-11-7-6-8-18(21)12-15-23(26)37-30-27(25)29-32-28(33-34(29)17-31-30)19-9-4-3-5-10-19/h3-17,25H,1-2H3/t25-/m0/s1. The molecule has 0 fully saturated rings. The summed E-state index contributed by atoms with van der Waals surface area (Å²) in [5.41, 5.74) is 4.55.